The second-order valence-electron chi connectivity index (χ2n) is 11.2. The molecule has 9 N–H and O–H groups in total. The second-order valence-corrected chi connectivity index (χ2v) is 18.0. The fraction of sp³-hybridized carbons (Fsp3) is 0.419. The van der Waals surface area contributed by atoms with Crippen molar-refractivity contribution in [3.05, 3.63) is 55.8 Å². The Morgan fingerprint density at radius 2 is 0.768 bits per heavy atom. The van der Waals surface area contributed by atoms with Crippen LogP contribution in [0.2, 0.25) is 0 Å². The summed E-state index contributed by atoms with van der Waals surface area (Å²) in [5.41, 5.74) is 4.32. The molecule has 2 aromatic carbocycles. The molecule has 0 bridgehead atoms. The van der Waals surface area contributed by atoms with Crippen molar-refractivity contribution in [3.63, 3.8) is 0 Å². The summed E-state index contributed by atoms with van der Waals surface area (Å²) >= 11 is 11.0. The number of aliphatic hydroxyl groups excluding tert-OH is 7. The molecule has 56 heavy (non-hydrogen) atoms. The molecule has 0 fully saturated rings. The van der Waals surface area contributed by atoms with Crippen LogP contribution in [0.4, 0.5) is 0 Å². The Morgan fingerprint density at radius 3 is 1.02 bits per heavy atom. The van der Waals surface area contributed by atoms with Crippen LogP contribution in [0.15, 0.2) is 12.1 Å². The number of nitrogens with zero attached hydrogens (tertiary/aromatic N) is 4. The number of amides is 6. The highest BCUT2D eigenvalue weighted by Gasteiger charge is 2.33. The Kier molecular flexibility index (Phi) is 23.2. The summed E-state index contributed by atoms with van der Waals surface area (Å²) in [6, 6.07) is 3.03. The number of hydrazine groups is 2. The van der Waals surface area contributed by atoms with Crippen molar-refractivity contribution in [2.45, 2.75) is 6.10 Å². The molecule has 0 saturated carbocycles. The molecule has 0 radical (unpaired) electrons. The topological polar surface area (TPSA) is 281 Å². The van der Waals surface area contributed by atoms with E-state index in [4.69, 9.17) is 0 Å². The van der Waals surface area contributed by atoms with Gasteiger partial charge in [0.15, 0.2) is 0 Å². The molecule has 310 valence electrons. The third-order valence-electron chi connectivity index (χ3n) is 7.33. The molecule has 0 heterocycles. The second kappa shape index (κ2) is 25.2. The minimum absolute atomic E-state index is 0.0600. The van der Waals surface area contributed by atoms with Crippen LogP contribution in [-0.2, 0) is 9.59 Å². The van der Waals surface area contributed by atoms with Crippen LogP contribution in [0.5, 0.6) is 0 Å². The van der Waals surface area contributed by atoms with Gasteiger partial charge in [-0.3, -0.25) is 39.6 Å². The number of carbonyl (C=O) groups is 6. The molecular weight excluding hydrogens is 1430 g/mol. The fourth-order valence-corrected chi connectivity index (χ4v) is 13.5. The van der Waals surface area contributed by atoms with Crippen LogP contribution in [0.25, 0.3) is 0 Å². The average Bonchev–Trinajstić information content (AvgIpc) is 3.13. The van der Waals surface area contributed by atoms with Gasteiger partial charge in [-0.05, 0) is 148 Å². The minimum atomic E-state index is -1.75. The lowest BCUT2D eigenvalue weighted by Gasteiger charge is -2.31. The van der Waals surface area contributed by atoms with Crippen molar-refractivity contribution in [1.29, 1.82) is 0 Å². The number of aliphatic hydroxyl groups is 7. The molecule has 25 heteroatoms. The minimum Gasteiger partial charge on any atom is -0.395 e. The Balaban J connectivity index is 2.62. The molecule has 2 aromatic rings. The maximum atomic E-state index is 14.2. The first-order valence-corrected chi connectivity index (χ1v) is 22.4. The molecule has 0 saturated heterocycles. The highest BCUT2D eigenvalue weighted by molar-refractivity contribution is 14.1. The SMILES string of the molecule is O=C(CO)NN(CC(O)CN(NC(=O)CO)C(=O)c1c(I)cc(I)c(C(=O)N(CCO)CCO)c1I)C(=O)c1c(I)cc(I)c(C(=O)N(CCO)CCO)c1I. The number of halogens is 6. The maximum absolute atomic E-state index is 14.2. The molecule has 0 aliphatic rings. The van der Waals surface area contributed by atoms with Gasteiger partial charge >= 0.3 is 0 Å². The summed E-state index contributed by atoms with van der Waals surface area (Å²) in [7, 11) is 0. The largest absolute Gasteiger partial charge is 0.395 e. The molecular formula is C31H36I6N6O13. The predicted octanol–water partition coefficient (Wildman–Crippen LogP) is -0.840. The van der Waals surface area contributed by atoms with Gasteiger partial charge in [-0.15, -0.1) is 0 Å². The third-order valence-corrected chi connectivity index (χ3v) is 12.9. The van der Waals surface area contributed by atoms with Crippen molar-refractivity contribution in [2.75, 3.05) is 78.9 Å². The van der Waals surface area contributed by atoms with E-state index in [1.165, 1.54) is 21.9 Å². The first kappa shape index (κ1) is 51.5. The van der Waals surface area contributed by atoms with Gasteiger partial charge in [0.1, 0.15) is 13.2 Å². The van der Waals surface area contributed by atoms with Crippen LogP contribution < -0.4 is 10.9 Å². The molecule has 19 nitrogen and oxygen atoms in total. The highest BCUT2D eigenvalue weighted by Crippen LogP contribution is 2.31. The zero-order valence-electron chi connectivity index (χ0n) is 28.9. The van der Waals surface area contributed by atoms with Crippen LogP contribution in [-0.4, -0.2) is 176 Å². The van der Waals surface area contributed by atoms with E-state index >= 15 is 0 Å². The number of hydrogen-bond acceptors (Lipinski definition) is 13. The molecule has 6 amide bonds. The average molecular weight is 1460 g/mol. The highest BCUT2D eigenvalue weighted by atomic mass is 127. The smallest absolute Gasteiger partial charge is 0.274 e. The molecule has 2 rings (SSSR count). The van der Waals surface area contributed by atoms with Crippen LogP contribution in [0.1, 0.15) is 41.4 Å². The third kappa shape index (κ3) is 13.7. The Bertz CT molecular complexity index is 1650. The van der Waals surface area contributed by atoms with Gasteiger partial charge in [0.25, 0.3) is 35.4 Å². The summed E-state index contributed by atoms with van der Waals surface area (Å²) in [5.74, 6) is -5.23. The Morgan fingerprint density at radius 1 is 0.500 bits per heavy atom. The zero-order valence-corrected chi connectivity index (χ0v) is 41.8. The standard InChI is InChI=1S/C31H36I6N6O13/c32-16-9-18(34)24(26(36)22(16)28(53)40(1-5-44)2-6-45)30(55)42(38-20(51)13-48)11-15(50)12-43(39-21(52)14-49)31(56)25-19(35)10-17(33)23(27(25)37)29(54)41(3-7-46)4-8-47/h9-10,15,44-50H,1-8,11-14H2,(H,38,51)(H,39,52). The number of benzene rings is 2. The van der Waals surface area contributed by atoms with Crippen LogP contribution in [0.3, 0.4) is 0 Å². The van der Waals surface area contributed by atoms with E-state index in [0.717, 1.165) is 0 Å². The predicted molar refractivity (Wildman–Crippen MR) is 248 cm³/mol. The molecule has 0 spiro atoms. The van der Waals surface area contributed by atoms with E-state index in [1.807, 2.05) is 90.4 Å². The van der Waals surface area contributed by atoms with E-state index in [2.05, 4.69) is 10.9 Å². The van der Waals surface area contributed by atoms with E-state index in [-0.39, 0.29) is 55.6 Å². The summed E-state index contributed by atoms with van der Waals surface area (Å²) in [6.45, 7) is -5.72. The number of hydrogen-bond donors (Lipinski definition) is 9. The van der Waals surface area contributed by atoms with E-state index in [9.17, 15) is 64.5 Å². The summed E-state index contributed by atoms with van der Waals surface area (Å²) in [5, 5.41) is 69.6. The van der Waals surface area contributed by atoms with Crippen molar-refractivity contribution in [2.24, 2.45) is 0 Å². The van der Waals surface area contributed by atoms with Crippen LogP contribution in [0, 0.1) is 21.4 Å². The lowest BCUT2D eigenvalue weighted by Crippen LogP contribution is -2.55. The maximum Gasteiger partial charge on any atom is 0.274 e. The Labute approximate surface area is 402 Å². The first-order valence-electron chi connectivity index (χ1n) is 15.9. The number of rotatable bonds is 18. The zero-order chi connectivity index (χ0) is 42.4. The fourth-order valence-electron chi connectivity index (χ4n) is 4.87. The normalized spacial score (nSPS) is 11.0. The van der Waals surface area contributed by atoms with Crippen molar-refractivity contribution >= 4 is 171 Å². The lowest BCUT2D eigenvalue weighted by atomic mass is 10.1. The molecule has 0 unspecified atom stereocenters. The van der Waals surface area contributed by atoms with Gasteiger partial charge in [-0.2, -0.15) is 0 Å². The van der Waals surface area contributed by atoms with Gasteiger partial charge in [0.05, 0.1) is 67.9 Å². The Hall–Kier alpha value is -0.640. The quantitative estimate of drug-likeness (QED) is 0.0652. The van der Waals surface area contributed by atoms with Crippen molar-refractivity contribution in [3.8, 4) is 0 Å². The van der Waals surface area contributed by atoms with Gasteiger partial charge < -0.3 is 45.5 Å². The molecule has 0 aliphatic carbocycles. The van der Waals surface area contributed by atoms with Gasteiger partial charge in [-0.1, -0.05) is 0 Å². The molecule has 0 aliphatic heterocycles. The van der Waals surface area contributed by atoms with Gasteiger partial charge in [0.2, 0.25) is 0 Å². The van der Waals surface area contributed by atoms with Gasteiger partial charge in [0, 0.05) is 47.6 Å². The van der Waals surface area contributed by atoms with Crippen molar-refractivity contribution in [1.82, 2.24) is 30.7 Å². The summed E-state index contributed by atoms with van der Waals surface area (Å²) < 4.78 is 1.76. The first-order chi connectivity index (χ1) is 26.4. The lowest BCUT2D eigenvalue weighted by molar-refractivity contribution is -0.128. The summed E-state index contributed by atoms with van der Waals surface area (Å²) in [6.07, 6.45) is -1.75. The van der Waals surface area contributed by atoms with E-state index in [0.29, 0.717) is 24.3 Å². The van der Waals surface area contributed by atoms with Crippen LogP contribution >= 0.6 is 136 Å². The number of carbonyl (C=O) groups excluding carboxylic acids is 6. The van der Waals surface area contributed by atoms with Crippen molar-refractivity contribution < 1.29 is 64.5 Å². The monoisotopic (exact) mass is 1460 g/mol. The molecule has 0 aromatic heterocycles. The van der Waals surface area contributed by atoms with E-state index < -0.39 is 94.3 Å². The van der Waals surface area contributed by atoms with E-state index in [1.54, 1.807) is 45.2 Å². The summed E-state index contributed by atoms with van der Waals surface area (Å²) in [4.78, 5) is 82.7. The molecule has 0 atom stereocenters. The van der Waals surface area contributed by atoms with Gasteiger partial charge in [-0.25, -0.2) is 10.0 Å². The number of nitrogens with one attached hydrogen (secondary N) is 2.